The van der Waals surface area contributed by atoms with Crippen LogP contribution in [0.1, 0.15) is 31.8 Å². The van der Waals surface area contributed by atoms with E-state index in [1.165, 1.54) is 7.11 Å². The van der Waals surface area contributed by atoms with Gasteiger partial charge in [-0.2, -0.15) is 0 Å². The molecule has 0 spiro atoms. The molecular formula is C17H17NO3. The number of benzene rings is 2. The van der Waals surface area contributed by atoms with Gasteiger partial charge in [0, 0.05) is 11.3 Å². The summed E-state index contributed by atoms with van der Waals surface area (Å²) in [6.45, 7) is 3.83. The molecule has 0 atom stereocenters. The van der Waals surface area contributed by atoms with Crippen molar-refractivity contribution in [2.24, 2.45) is 0 Å². The Balaban J connectivity index is 2.24. The average molecular weight is 283 g/mol. The van der Waals surface area contributed by atoms with Gasteiger partial charge in [-0.05, 0) is 43.7 Å². The van der Waals surface area contributed by atoms with E-state index in [1.54, 1.807) is 30.3 Å². The highest BCUT2D eigenvalue weighted by atomic mass is 16.5. The molecule has 0 aromatic heterocycles. The van der Waals surface area contributed by atoms with Crippen LogP contribution in [0.4, 0.5) is 5.69 Å². The Labute approximate surface area is 123 Å². The summed E-state index contributed by atoms with van der Waals surface area (Å²) >= 11 is 0. The monoisotopic (exact) mass is 283 g/mol. The van der Waals surface area contributed by atoms with E-state index in [0.29, 0.717) is 16.8 Å². The Morgan fingerprint density at radius 1 is 0.952 bits per heavy atom. The Morgan fingerprint density at radius 2 is 1.57 bits per heavy atom. The highest BCUT2D eigenvalue weighted by Crippen LogP contribution is 2.18. The van der Waals surface area contributed by atoms with Gasteiger partial charge in [-0.3, -0.25) is 4.79 Å². The summed E-state index contributed by atoms with van der Waals surface area (Å²) < 4.78 is 4.68. The molecule has 0 bridgehead atoms. The van der Waals surface area contributed by atoms with Crippen LogP contribution in [0.15, 0.2) is 42.5 Å². The molecule has 0 aliphatic heterocycles. The maximum absolute atomic E-state index is 12.2. The van der Waals surface area contributed by atoms with Crippen LogP contribution in [0.5, 0.6) is 0 Å². The van der Waals surface area contributed by atoms with Gasteiger partial charge in [0.25, 0.3) is 5.91 Å². The minimum Gasteiger partial charge on any atom is -0.465 e. The second-order valence-corrected chi connectivity index (χ2v) is 4.84. The molecule has 2 aromatic rings. The number of hydrogen-bond acceptors (Lipinski definition) is 3. The van der Waals surface area contributed by atoms with E-state index >= 15 is 0 Å². The van der Waals surface area contributed by atoms with Gasteiger partial charge < -0.3 is 10.1 Å². The van der Waals surface area contributed by atoms with E-state index in [9.17, 15) is 9.59 Å². The Bertz CT molecular complexity index is 675. The lowest BCUT2D eigenvalue weighted by atomic mass is 10.1. The third-order valence-electron chi connectivity index (χ3n) is 3.22. The van der Waals surface area contributed by atoms with Gasteiger partial charge >= 0.3 is 5.97 Å². The van der Waals surface area contributed by atoms with Gasteiger partial charge in [0.15, 0.2) is 0 Å². The summed E-state index contributed by atoms with van der Waals surface area (Å²) in [5.74, 6) is -0.638. The highest BCUT2D eigenvalue weighted by molar-refractivity contribution is 6.05. The standard InChI is InChI=1S/C17H17NO3/c1-11-4-7-13(8-5-11)16(19)18-15-10-14(17(20)21-3)9-6-12(15)2/h4-10H,1-3H3,(H,18,19). The van der Waals surface area contributed by atoms with E-state index in [4.69, 9.17) is 0 Å². The third kappa shape index (κ3) is 3.48. The first-order valence-electron chi connectivity index (χ1n) is 6.58. The van der Waals surface area contributed by atoms with Crippen molar-refractivity contribution in [2.75, 3.05) is 12.4 Å². The number of amides is 1. The lowest BCUT2D eigenvalue weighted by Crippen LogP contribution is -2.13. The molecule has 2 rings (SSSR count). The molecule has 0 fully saturated rings. The fraction of sp³-hybridized carbons (Fsp3) is 0.176. The van der Waals surface area contributed by atoms with E-state index in [-0.39, 0.29) is 5.91 Å². The zero-order valence-corrected chi connectivity index (χ0v) is 12.3. The van der Waals surface area contributed by atoms with Crippen LogP contribution in [-0.4, -0.2) is 19.0 Å². The molecule has 0 radical (unpaired) electrons. The molecule has 0 saturated heterocycles. The number of hydrogen-bond donors (Lipinski definition) is 1. The van der Waals surface area contributed by atoms with Crippen molar-refractivity contribution in [3.63, 3.8) is 0 Å². The molecule has 108 valence electrons. The fourth-order valence-electron chi connectivity index (χ4n) is 1.90. The summed E-state index contributed by atoms with van der Waals surface area (Å²) in [5.41, 5.74) is 3.55. The molecule has 0 heterocycles. The van der Waals surface area contributed by atoms with Crippen LogP contribution in [0.3, 0.4) is 0 Å². The molecule has 1 amide bonds. The van der Waals surface area contributed by atoms with Crippen LogP contribution in [-0.2, 0) is 4.74 Å². The van der Waals surface area contributed by atoms with Gasteiger partial charge in [0.1, 0.15) is 0 Å². The van der Waals surface area contributed by atoms with Crippen LogP contribution in [0, 0.1) is 13.8 Å². The molecule has 21 heavy (non-hydrogen) atoms. The number of carbonyl (C=O) groups excluding carboxylic acids is 2. The molecular weight excluding hydrogens is 266 g/mol. The topological polar surface area (TPSA) is 55.4 Å². The first kappa shape index (κ1) is 14.8. The number of esters is 1. The summed E-state index contributed by atoms with van der Waals surface area (Å²) in [6.07, 6.45) is 0. The molecule has 4 heteroatoms. The maximum Gasteiger partial charge on any atom is 0.337 e. The van der Waals surface area contributed by atoms with E-state index in [2.05, 4.69) is 10.1 Å². The summed E-state index contributed by atoms with van der Waals surface area (Å²) in [5, 5.41) is 2.82. The third-order valence-corrected chi connectivity index (χ3v) is 3.22. The van der Waals surface area contributed by atoms with Gasteiger partial charge in [0.05, 0.1) is 12.7 Å². The van der Waals surface area contributed by atoms with Crippen molar-refractivity contribution in [1.82, 2.24) is 0 Å². The maximum atomic E-state index is 12.2. The van der Waals surface area contributed by atoms with Gasteiger partial charge in [-0.15, -0.1) is 0 Å². The van der Waals surface area contributed by atoms with E-state index < -0.39 is 5.97 Å². The molecule has 4 nitrogen and oxygen atoms in total. The number of rotatable bonds is 3. The predicted molar refractivity (Wildman–Crippen MR) is 81.7 cm³/mol. The molecule has 1 N–H and O–H groups in total. The van der Waals surface area contributed by atoms with Crippen molar-refractivity contribution in [3.8, 4) is 0 Å². The first-order chi connectivity index (χ1) is 10.0. The Hall–Kier alpha value is -2.62. The number of anilines is 1. The van der Waals surface area contributed by atoms with Crippen LogP contribution < -0.4 is 5.32 Å². The van der Waals surface area contributed by atoms with Crippen molar-refractivity contribution < 1.29 is 14.3 Å². The van der Waals surface area contributed by atoms with Gasteiger partial charge in [0.2, 0.25) is 0 Å². The normalized spacial score (nSPS) is 10.0. The lowest BCUT2D eigenvalue weighted by Gasteiger charge is -2.10. The smallest absolute Gasteiger partial charge is 0.337 e. The summed E-state index contributed by atoms with van der Waals surface area (Å²) in [6, 6.07) is 12.4. The fourth-order valence-corrected chi connectivity index (χ4v) is 1.90. The highest BCUT2D eigenvalue weighted by Gasteiger charge is 2.11. The number of nitrogens with one attached hydrogen (secondary N) is 1. The molecule has 0 aliphatic carbocycles. The molecule has 0 saturated carbocycles. The quantitative estimate of drug-likeness (QED) is 0.879. The van der Waals surface area contributed by atoms with Crippen molar-refractivity contribution in [2.45, 2.75) is 13.8 Å². The molecule has 0 unspecified atom stereocenters. The van der Waals surface area contributed by atoms with Crippen molar-refractivity contribution in [3.05, 3.63) is 64.7 Å². The Morgan fingerprint density at radius 3 is 2.19 bits per heavy atom. The number of aryl methyl sites for hydroxylation is 2. The zero-order chi connectivity index (χ0) is 15.4. The minimum absolute atomic E-state index is 0.208. The second-order valence-electron chi connectivity index (χ2n) is 4.84. The SMILES string of the molecule is COC(=O)c1ccc(C)c(NC(=O)c2ccc(C)cc2)c1. The average Bonchev–Trinajstić information content (AvgIpc) is 2.49. The zero-order valence-electron chi connectivity index (χ0n) is 12.3. The Kier molecular flexibility index (Phi) is 4.38. The second kappa shape index (κ2) is 6.22. The number of carbonyl (C=O) groups is 2. The molecule has 0 aliphatic rings. The number of methoxy groups -OCH3 is 1. The van der Waals surface area contributed by atoms with Crippen LogP contribution >= 0.6 is 0 Å². The summed E-state index contributed by atoms with van der Waals surface area (Å²) in [7, 11) is 1.33. The van der Waals surface area contributed by atoms with Crippen molar-refractivity contribution >= 4 is 17.6 Å². The largest absolute Gasteiger partial charge is 0.465 e. The lowest BCUT2D eigenvalue weighted by molar-refractivity contribution is 0.0600. The van der Waals surface area contributed by atoms with Crippen LogP contribution in [0.25, 0.3) is 0 Å². The van der Waals surface area contributed by atoms with Gasteiger partial charge in [-0.1, -0.05) is 23.8 Å². The number of ether oxygens (including phenoxy) is 1. The summed E-state index contributed by atoms with van der Waals surface area (Å²) in [4.78, 5) is 23.7. The predicted octanol–water partition coefficient (Wildman–Crippen LogP) is 3.34. The minimum atomic E-state index is -0.430. The van der Waals surface area contributed by atoms with Gasteiger partial charge in [-0.25, -0.2) is 4.79 Å². The van der Waals surface area contributed by atoms with E-state index in [0.717, 1.165) is 11.1 Å². The molecule has 2 aromatic carbocycles. The van der Waals surface area contributed by atoms with E-state index in [1.807, 2.05) is 26.0 Å². The van der Waals surface area contributed by atoms with Crippen molar-refractivity contribution in [1.29, 1.82) is 0 Å². The van der Waals surface area contributed by atoms with Crippen LogP contribution in [0.2, 0.25) is 0 Å². The first-order valence-corrected chi connectivity index (χ1v) is 6.58.